The standard InChI is InChI=1S/C14H16N4O3/c1-14(2)13(19)16(3)6-7-17(14)11-5-4-10(9-15)12(8-11)18(20)21/h4-5,8H,6-7H2,1-3H3. The summed E-state index contributed by atoms with van der Waals surface area (Å²) < 4.78 is 0. The molecule has 2 rings (SSSR count). The molecule has 1 aliphatic heterocycles. The Labute approximate surface area is 122 Å². The number of anilines is 1. The van der Waals surface area contributed by atoms with Gasteiger partial charge in [-0.2, -0.15) is 5.26 Å². The average Bonchev–Trinajstić information content (AvgIpc) is 2.44. The number of nitrogens with zero attached hydrogens (tertiary/aromatic N) is 4. The molecule has 0 aliphatic carbocycles. The molecule has 0 saturated carbocycles. The van der Waals surface area contributed by atoms with Crippen LogP contribution in [0.25, 0.3) is 0 Å². The first-order valence-electron chi connectivity index (χ1n) is 6.51. The first-order chi connectivity index (χ1) is 9.78. The highest BCUT2D eigenvalue weighted by Gasteiger charge is 2.41. The molecule has 1 aliphatic rings. The zero-order valence-corrected chi connectivity index (χ0v) is 12.2. The molecule has 0 unspecified atom stereocenters. The summed E-state index contributed by atoms with van der Waals surface area (Å²) in [7, 11) is 1.74. The fourth-order valence-electron chi connectivity index (χ4n) is 2.60. The summed E-state index contributed by atoms with van der Waals surface area (Å²) in [5.41, 5.74) is -0.430. The van der Waals surface area contributed by atoms with Gasteiger partial charge in [-0.05, 0) is 26.0 Å². The summed E-state index contributed by atoms with van der Waals surface area (Å²) in [6, 6.07) is 6.24. The molecule has 21 heavy (non-hydrogen) atoms. The summed E-state index contributed by atoms with van der Waals surface area (Å²) in [6.07, 6.45) is 0. The van der Waals surface area contributed by atoms with Crippen LogP contribution in [0.4, 0.5) is 11.4 Å². The topological polar surface area (TPSA) is 90.5 Å². The number of nitriles is 1. The Morgan fingerprint density at radius 3 is 2.62 bits per heavy atom. The van der Waals surface area contributed by atoms with E-state index in [-0.39, 0.29) is 17.2 Å². The number of likely N-dealkylation sites (N-methyl/N-ethyl adjacent to an activating group) is 1. The van der Waals surface area contributed by atoms with Gasteiger partial charge in [-0.15, -0.1) is 0 Å². The zero-order valence-electron chi connectivity index (χ0n) is 12.2. The third kappa shape index (κ3) is 2.40. The molecule has 0 bridgehead atoms. The van der Waals surface area contributed by atoms with Crippen molar-refractivity contribution >= 4 is 17.3 Å². The summed E-state index contributed by atoms with van der Waals surface area (Å²) in [6.45, 7) is 4.71. The van der Waals surface area contributed by atoms with Gasteiger partial charge in [0.2, 0.25) is 5.91 Å². The van der Waals surface area contributed by atoms with Gasteiger partial charge in [0, 0.05) is 31.9 Å². The molecule has 1 amide bonds. The van der Waals surface area contributed by atoms with E-state index < -0.39 is 10.5 Å². The first kappa shape index (κ1) is 14.8. The number of nitro groups is 1. The summed E-state index contributed by atoms with van der Waals surface area (Å²) in [5, 5.41) is 20.0. The monoisotopic (exact) mass is 288 g/mol. The van der Waals surface area contributed by atoms with Gasteiger partial charge in [-0.25, -0.2) is 0 Å². The second-order valence-corrected chi connectivity index (χ2v) is 5.51. The quantitative estimate of drug-likeness (QED) is 0.608. The largest absolute Gasteiger partial charge is 0.356 e. The lowest BCUT2D eigenvalue weighted by Crippen LogP contribution is -2.62. The normalized spacial score (nSPS) is 17.5. The summed E-state index contributed by atoms with van der Waals surface area (Å²) >= 11 is 0. The molecule has 0 atom stereocenters. The predicted octanol–water partition coefficient (Wildman–Crippen LogP) is 1.52. The fourth-order valence-corrected chi connectivity index (χ4v) is 2.60. The van der Waals surface area contributed by atoms with E-state index in [4.69, 9.17) is 5.26 Å². The van der Waals surface area contributed by atoms with Gasteiger partial charge >= 0.3 is 0 Å². The van der Waals surface area contributed by atoms with Crippen molar-refractivity contribution in [3.05, 3.63) is 33.9 Å². The van der Waals surface area contributed by atoms with E-state index in [1.165, 1.54) is 12.1 Å². The fraction of sp³-hybridized carbons (Fsp3) is 0.429. The number of nitro benzene ring substituents is 1. The molecule has 110 valence electrons. The van der Waals surface area contributed by atoms with Crippen molar-refractivity contribution in [2.24, 2.45) is 0 Å². The first-order valence-corrected chi connectivity index (χ1v) is 6.51. The molecule has 0 N–H and O–H groups in total. The van der Waals surface area contributed by atoms with E-state index in [0.29, 0.717) is 18.8 Å². The number of carbonyl (C=O) groups is 1. The second-order valence-electron chi connectivity index (χ2n) is 5.51. The molecule has 7 heteroatoms. The lowest BCUT2D eigenvalue weighted by molar-refractivity contribution is -0.385. The van der Waals surface area contributed by atoms with Crippen molar-refractivity contribution in [2.45, 2.75) is 19.4 Å². The molecular formula is C14H16N4O3. The summed E-state index contributed by atoms with van der Waals surface area (Å²) in [5.74, 6) is -0.0410. The third-order valence-corrected chi connectivity index (χ3v) is 3.81. The van der Waals surface area contributed by atoms with Crippen LogP contribution in [0.15, 0.2) is 18.2 Å². The number of carbonyl (C=O) groups excluding carboxylic acids is 1. The third-order valence-electron chi connectivity index (χ3n) is 3.81. The smallest absolute Gasteiger partial charge is 0.289 e. The van der Waals surface area contributed by atoms with Gasteiger partial charge in [0.15, 0.2) is 0 Å². The number of hydrogen-bond acceptors (Lipinski definition) is 5. The molecule has 0 radical (unpaired) electrons. The van der Waals surface area contributed by atoms with E-state index in [9.17, 15) is 14.9 Å². The van der Waals surface area contributed by atoms with Gasteiger partial charge in [0.25, 0.3) is 5.69 Å². The van der Waals surface area contributed by atoms with Crippen molar-refractivity contribution in [3.8, 4) is 6.07 Å². The molecule has 1 aromatic rings. The van der Waals surface area contributed by atoms with Crippen molar-refractivity contribution in [1.82, 2.24) is 4.90 Å². The van der Waals surface area contributed by atoms with Crippen LogP contribution in [0.3, 0.4) is 0 Å². The maximum atomic E-state index is 12.3. The molecule has 1 heterocycles. The van der Waals surface area contributed by atoms with Crippen LogP contribution in [0.5, 0.6) is 0 Å². The Hall–Kier alpha value is -2.62. The van der Waals surface area contributed by atoms with Gasteiger partial charge < -0.3 is 9.80 Å². The summed E-state index contributed by atoms with van der Waals surface area (Å²) in [4.78, 5) is 26.2. The van der Waals surface area contributed by atoms with Crippen molar-refractivity contribution in [3.63, 3.8) is 0 Å². The number of piperazine rings is 1. The van der Waals surface area contributed by atoms with E-state index in [0.717, 1.165) is 0 Å². The van der Waals surface area contributed by atoms with Gasteiger partial charge in [0.05, 0.1) is 4.92 Å². The minimum atomic E-state index is -0.783. The minimum absolute atomic E-state index is 0.0158. The lowest BCUT2D eigenvalue weighted by atomic mass is 9.96. The number of hydrogen-bond donors (Lipinski definition) is 0. The SMILES string of the molecule is CN1CCN(c2ccc(C#N)c([N+](=O)[O-])c2)C(C)(C)C1=O. The number of amides is 1. The second kappa shape index (κ2) is 5.05. The van der Waals surface area contributed by atoms with Crippen LogP contribution >= 0.6 is 0 Å². The van der Waals surface area contributed by atoms with Crippen LogP contribution in [-0.4, -0.2) is 41.4 Å². The molecule has 0 aromatic heterocycles. The highest BCUT2D eigenvalue weighted by atomic mass is 16.6. The van der Waals surface area contributed by atoms with Crippen molar-refractivity contribution in [1.29, 1.82) is 5.26 Å². The highest BCUT2D eigenvalue weighted by molar-refractivity contribution is 5.90. The Kier molecular flexibility index (Phi) is 3.56. The van der Waals surface area contributed by atoms with E-state index >= 15 is 0 Å². The van der Waals surface area contributed by atoms with E-state index in [1.54, 1.807) is 31.9 Å². The van der Waals surface area contributed by atoms with Crippen LogP contribution < -0.4 is 4.90 Å². The molecule has 7 nitrogen and oxygen atoms in total. The Bertz CT molecular complexity index is 648. The highest BCUT2D eigenvalue weighted by Crippen LogP contribution is 2.32. The minimum Gasteiger partial charge on any atom is -0.356 e. The van der Waals surface area contributed by atoms with Crippen LogP contribution in [0.1, 0.15) is 19.4 Å². The zero-order chi connectivity index (χ0) is 15.8. The average molecular weight is 288 g/mol. The number of benzene rings is 1. The Morgan fingerprint density at radius 1 is 1.38 bits per heavy atom. The Balaban J connectivity index is 2.48. The molecular weight excluding hydrogens is 272 g/mol. The van der Waals surface area contributed by atoms with E-state index in [1.807, 2.05) is 11.0 Å². The predicted molar refractivity (Wildman–Crippen MR) is 76.9 cm³/mol. The van der Waals surface area contributed by atoms with Crippen LogP contribution in [-0.2, 0) is 4.79 Å². The lowest BCUT2D eigenvalue weighted by Gasteiger charge is -2.46. The Morgan fingerprint density at radius 2 is 2.05 bits per heavy atom. The van der Waals surface area contributed by atoms with Crippen molar-refractivity contribution < 1.29 is 9.72 Å². The van der Waals surface area contributed by atoms with Crippen LogP contribution in [0.2, 0.25) is 0 Å². The molecule has 0 spiro atoms. The maximum Gasteiger partial charge on any atom is 0.289 e. The number of rotatable bonds is 2. The molecule has 1 saturated heterocycles. The van der Waals surface area contributed by atoms with Gasteiger partial charge in [-0.1, -0.05) is 0 Å². The molecule has 1 aromatic carbocycles. The van der Waals surface area contributed by atoms with Crippen molar-refractivity contribution in [2.75, 3.05) is 25.0 Å². The van der Waals surface area contributed by atoms with E-state index in [2.05, 4.69) is 0 Å². The van der Waals surface area contributed by atoms with Gasteiger partial charge in [-0.3, -0.25) is 14.9 Å². The van der Waals surface area contributed by atoms with Crippen LogP contribution in [0, 0.1) is 21.4 Å². The molecule has 1 fully saturated rings. The van der Waals surface area contributed by atoms with Gasteiger partial charge in [0.1, 0.15) is 17.2 Å². The maximum absolute atomic E-state index is 12.3.